The first-order chi connectivity index (χ1) is 16.4. The number of fused-ring (bicyclic) bond motifs is 1. The average Bonchev–Trinajstić information content (AvgIpc) is 3.30. The number of hydrogen-bond donors (Lipinski definition) is 2. The summed E-state index contributed by atoms with van der Waals surface area (Å²) in [6.07, 6.45) is -4.40. The van der Waals surface area contributed by atoms with Crippen LogP contribution >= 0.6 is 0 Å². The van der Waals surface area contributed by atoms with Crippen LogP contribution in [0.3, 0.4) is 0 Å². The molecule has 2 N–H and O–H groups in total. The summed E-state index contributed by atoms with van der Waals surface area (Å²) in [5.41, 5.74) is 0.722. The molecule has 0 amide bonds. The van der Waals surface area contributed by atoms with E-state index in [2.05, 4.69) is 25.6 Å². The minimum Gasteiger partial charge on any atom is -0.454 e. The number of hydrogen-bond acceptors (Lipinski definition) is 8. The molecule has 0 unspecified atom stereocenters. The smallest absolute Gasteiger partial charge is 0.416 e. The Morgan fingerprint density at radius 2 is 1.50 bits per heavy atom. The molecule has 0 aliphatic carbocycles. The van der Waals surface area contributed by atoms with E-state index in [1.807, 2.05) is 36.9 Å². The summed E-state index contributed by atoms with van der Waals surface area (Å²) in [5, 5.41) is 6.21. The molecule has 0 fully saturated rings. The predicted octanol–water partition coefficient (Wildman–Crippen LogP) is 4.69. The van der Waals surface area contributed by atoms with Gasteiger partial charge >= 0.3 is 6.18 Å². The quantitative estimate of drug-likeness (QED) is 0.462. The summed E-state index contributed by atoms with van der Waals surface area (Å²) in [5.74, 6) is 2.47. The van der Waals surface area contributed by atoms with Crippen molar-refractivity contribution < 1.29 is 22.6 Å². The lowest BCUT2D eigenvalue weighted by Crippen LogP contribution is -2.25. The number of rotatable bonds is 9. The van der Waals surface area contributed by atoms with Crippen molar-refractivity contribution in [2.24, 2.45) is 0 Å². The summed E-state index contributed by atoms with van der Waals surface area (Å²) in [7, 11) is 0. The van der Waals surface area contributed by atoms with E-state index in [0.717, 1.165) is 17.7 Å². The number of nitrogens with zero attached hydrogens (tertiary/aromatic N) is 4. The lowest BCUT2D eigenvalue weighted by molar-refractivity contribution is -0.137. The standard InChI is InChI=1S/C23H25F3N6O2/c1-3-32(4-2)22-30-20(27-12-15-6-5-7-17(10-15)23(24,25)26)29-21(31-22)28-13-16-8-9-18-19(11-16)34-14-33-18/h5-11H,3-4,12-14H2,1-2H3,(H2,27,28,29,30,31). The van der Waals surface area contributed by atoms with E-state index in [9.17, 15) is 13.2 Å². The Morgan fingerprint density at radius 3 is 2.15 bits per heavy atom. The molecule has 180 valence electrons. The number of halogens is 3. The van der Waals surface area contributed by atoms with Crippen molar-refractivity contribution in [1.29, 1.82) is 0 Å². The maximum Gasteiger partial charge on any atom is 0.416 e. The van der Waals surface area contributed by atoms with E-state index in [1.54, 1.807) is 6.07 Å². The van der Waals surface area contributed by atoms with Gasteiger partial charge in [-0.25, -0.2) is 0 Å². The molecule has 0 spiro atoms. The second-order valence-electron chi connectivity index (χ2n) is 7.55. The van der Waals surface area contributed by atoms with Crippen molar-refractivity contribution in [2.75, 3.05) is 35.4 Å². The van der Waals surface area contributed by atoms with Gasteiger partial charge < -0.3 is 25.0 Å². The maximum atomic E-state index is 13.0. The highest BCUT2D eigenvalue weighted by atomic mass is 19.4. The summed E-state index contributed by atoms with van der Waals surface area (Å²) in [4.78, 5) is 15.3. The van der Waals surface area contributed by atoms with Crippen LogP contribution in [0.2, 0.25) is 0 Å². The second-order valence-corrected chi connectivity index (χ2v) is 7.55. The van der Waals surface area contributed by atoms with Gasteiger partial charge in [0.05, 0.1) is 5.56 Å². The monoisotopic (exact) mass is 474 g/mol. The minimum atomic E-state index is -4.40. The summed E-state index contributed by atoms with van der Waals surface area (Å²) in [6.45, 7) is 6.13. The normalized spacial score (nSPS) is 12.5. The molecule has 1 aliphatic rings. The first-order valence-electron chi connectivity index (χ1n) is 10.9. The lowest BCUT2D eigenvalue weighted by Gasteiger charge is -2.20. The van der Waals surface area contributed by atoms with Gasteiger partial charge in [0.1, 0.15) is 0 Å². The third kappa shape index (κ3) is 5.59. The molecule has 11 heteroatoms. The molecule has 0 saturated heterocycles. The highest BCUT2D eigenvalue weighted by Gasteiger charge is 2.30. The lowest BCUT2D eigenvalue weighted by atomic mass is 10.1. The van der Waals surface area contributed by atoms with Crippen molar-refractivity contribution >= 4 is 17.8 Å². The fourth-order valence-corrected chi connectivity index (χ4v) is 3.44. The van der Waals surface area contributed by atoms with Crippen molar-refractivity contribution in [3.8, 4) is 11.5 Å². The molecule has 1 aliphatic heterocycles. The summed E-state index contributed by atoms with van der Waals surface area (Å²) >= 11 is 0. The minimum absolute atomic E-state index is 0.132. The van der Waals surface area contributed by atoms with Crippen molar-refractivity contribution in [2.45, 2.75) is 33.1 Å². The number of aromatic nitrogens is 3. The molecule has 4 rings (SSSR count). The second kappa shape index (κ2) is 10.0. The van der Waals surface area contributed by atoms with Gasteiger partial charge in [0, 0.05) is 26.2 Å². The van der Waals surface area contributed by atoms with Gasteiger partial charge in [-0.3, -0.25) is 0 Å². The zero-order valence-electron chi connectivity index (χ0n) is 18.8. The third-order valence-electron chi connectivity index (χ3n) is 5.26. The SMILES string of the molecule is CCN(CC)c1nc(NCc2cccc(C(F)(F)F)c2)nc(NCc2ccc3c(c2)OCO3)n1. The molecule has 1 aromatic heterocycles. The van der Waals surface area contributed by atoms with E-state index in [-0.39, 0.29) is 19.3 Å². The van der Waals surface area contributed by atoms with Crippen molar-refractivity contribution in [1.82, 2.24) is 15.0 Å². The number of nitrogens with one attached hydrogen (secondary N) is 2. The summed E-state index contributed by atoms with van der Waals surface area (Å²) in [6, 6.07) is 10.8. The van der Waals surface area contributed by atoms with Gasteiger partial charge in [-0.15, -0.1) is 0 Å². The fraction of sp³-hybridized carbons (Fsp3) is 0.348. The number of ether oxygens (including phenoxy) is 2. The molecule has 8 nitrogen and oxygen atoms in total. The average molecular weight is 474 g/mol. The van der Waals surface area contributed by atoms with Crippen LogP contribution in [0.25, 0.3) is 0 Å². The van der Waals surface area contributed by atoms with E-state index in [4.69, 9.17) is 9.47 Å². The first-order valence-corrected chi connectivity index (χ1v) is 10.9. The maximum absolute atomic E-state index is 13.0. The molecule has 34 heavy (non-hydrogen) atoms. The van der Waals surface area contributed by atoms with Gasteiger partial charge in [-0.2, -0.15) is 28.1 Å². The van der Waals surface area contributed by atoms with Gasteiger partial charge in [0.15, 0.2) is 11.5 Å². The molecule has 3 aromatic rings. The fourth-order valence-electron chi connectivity index (χ4n) is 3.44. The van der Waals surface area contributed by atoms with Crippen LogP contribution in [0.1, 0.15) is 30.5 Å². The molecule has 2 heterocycles. The molecular formula is C23H25F3N6O2. The molecular weight excluding hydrogens is 449 g/mol. The summed E-state index contributed by atoms with van der Waals surface area (Å²) < 4.78 is 49.8. The Kier molecular flexibility index (Phi) is 6.90. The van der Waals surface area contributed by atoms with Crippen molar-refractivity contribution in [3.63, 3.8) is 0 Å². The molecule has 2 aromatic carbocycles. The Hall–Kier alpha value is -3.76. The Labute approximate surface area is 195 Å². The highest BCUT2D eigenvalue weighted by molar-refractivity contribution is 5.47. The number of anilines is 3. The first kappa shape index (κ1) is 23.4. The number of alkyl halides is 3. The van der Waals surface area contributed by atoms with E-state index < -0.39 is 11.7 Å². The third-order valence-corrected chi connectivity index (χ3v) is 5.26. The van der Waals surface area contributed by atoms with Crippen LogP contribution in [0.15, 0.2) is 42.5 Å². The van der Waals surface area contributed by atoms with Crippen LogP contribution in [0, 0.1) is 0 Å². The Balaban J connectivity index is 1.51. The van der Waals surface area contributed by atoms with Crippen LogP contribution in [-0.4, -0.2) is 34.8 Å². The van der Waals surface area contributed by atoms with E-state index >= 15 is 0 Å². The molecule has 0 atom stereocenters. The largest absolute Gasteiger partial charge is 0.454 e. The highest BCUT2D eigenvalue weighted by Crippen LogP contribution is 2.33. The van der Waals surface area contributed by atoms with Gasteiger partial charge in [-0.1, -0.05) is 18.2 Å². The topological polar surface area (TPSA) is 84.4 Å². The molecule has 0 bridgehead atoms. The molecule has 0 radical (unpaired) electrons. The van der Waals surface area contributed by atoms with E-state index in [1.165, 1.54) is 6.07 Å². The Bertz CT molecular complexity index is 1140. The van der Waals surface area contributed by atoms with Crippen LogP contribution in [0.4, 0.5) is 31.0 Å². The van der Waals surface area contributed by atoms with Crippen LogP contribution in [-0.2, 0) is 19.3 Å². The van der Waals surface area contributed by atoms with Crippen LogP contribution in [0.5, 0.6) is 11.5 Å². The zero-order chi connectivity index (χ0) is 24.1. The predicted molar refractivity (Wildman–Crippen MR) is 122 cm³/mol. The van der Waals surface area contributed by atoms with Gasteiger partial charge in [-0.05, 0) is 49.2 Å². The Morgan fingerprint density at radius 1 is 0.853 bits per heavy atom. The van der Waals surface area contributed by atoms with Crippen molar-refractivity contribution in [3.05, 3.63) is 59.2 Å². The van der Waals surface area contributed by atoms with Crippen LogP contribution < -0.4 is 25.0 Å². The van der Waals surface area contributed by atoms with E-state index in [0.29, 0.717) is 48.6 Å². The number of benzene rings is 2. The van der Waals surface area contributed by atoms with Gasteiger partial charge in [0.2, 0.25) is 24.6 Å². The zero-order valence-corrected chi connectivity index (χ0v) is 18.8. The molecule has 0 saturated carbocycles. The van der Waals surface area contributed by atoms with Gasteiger partial charge in [0.25, 0.3) is 0 Å².